The van der Waals surface area contributed by atoms with E-state index in [1.807, 2.05) is 68.6 Å². The summed E-state index contributed by atoms with van der Waals surface area (Å²) in [6, 6.07) is 19.5. The third-order valence-electron chi connectivity index (χ3n) is 10.9. The van der Waals surface area contributed by atoms with Crippen molar-refractivity contribution in [1.82, 2.24) is 25.2 Å². The van der Waals surface area contributed by atoms with E-state index in [4.69, 9.17) is 30.8 Å². The molecule has 1 amide bonds. The van der Waals surface area contributed by atoms with Crippen LogP contribution < -0.4 is 15.0 Å². The van der Waals surface area contributed by atoms with Crippen LogP contribution in [-0.4, -0.2) is 84.5 Å². The maximum Gasteiger partial charge on any atom is 0.407 e. The largest absolute Gasteiger partial charge is 0.462 e. The molecule has 1 N–H and O–H groups in total. The van der Waals surface area contributed by atoms with E-state index in [0.29, 0.717) is 66.4 Å². The maximum absolute atomic E-state index is 16.8. The number of alkyl carbamates (subject to hydrolysis) is 1. The number of carbonyl (C=O) groups excluding carboxylic acids is 1. The monoisotopic (exact) mass is 738 g/mol. The predicted molar refractivity (Wildman–Crippen MR) is 204 cm³/mol. The molecule has 8 rings (SSSR count). The average Bonchev–Trinajstić information content (AvgIpc) is 3.69. The van der Waals surface area contributed by atoms with Crippen LogP contribution in [0.1, 0.15) is 36.8 Å². The predicted octanol–water partition coefficient (Wildman–Crippen LogP) is 7.58. The number of hydrogen-bond acceptors (Lipinski definition) is 9. The van der Waals surface area contributed by atoms with Gasteiger partial charge in [0, 0.05) is 60.8 Å². The highest BCUT2D eigenvalue weighted by Crippen LogP contribution is 2.41. The van der Waals surface area contributed by atoms with Crippen molar-refractivity contribution < 1.29 is 23.4 Å². The standard InChI is InChI=1S/C41H44ClFN6O4/c1-25-9-11-26(12-10-25)23-51-16-15-44-41(50)53-31-18-30(48(2)22-31)24-52-40-46-38-33(39(47-40)49-20-27-13-14-28(17-27)21-49)19-45-37(36(38)43)32-7-3-5-29-6-4-8-34(42)35(29)32/h3-12,19,27-28,30-31H,13-18,20-24H2,1-2H3,(H,44,50)/t27?,28?,30-,31+/m0/s1. The van der Waals surface area contributed by atoms with Gasteiger partial charge in [0.25, 0.3) is 0 Å². The second kappa shape index (κ2) is 15.4. The molecule has 5 aromatic rings. The van der Waals surface area contributed by atoms with E-state index < -0.39 is 11.9 Å². The number of nitrogens with one attached hydrogen (secondary N) is 1. The van der Waals surface area contributed by atoms with E-state index in [1.165, 1.54) is 24.8 Å². The summed E-state index contributed by atoms with van der Waals surface area (Å²) in [7, 11) is 1.97. The Morgan fingerprint density at radius 2 is 1.77 bits per heavy atom. The first-order valence-electron chi connectivity index (χ1n) is 18.5. The second-order valence-corrected chi connectivity index (χ2v) is 15.1. The molecule has 1 aliphatic carbocycles. The van der Waals surface area contributed by atoms with Gasteiger partial charge in [-0.2, -0.15) is 9.97 Å². The van der Waals surface area contributed by atoms with Gasteiger partial charge in [-0.3, -0.25) is 9.88 Å². The Balaban J connectivity index is 0.962. The summed E-state index contributed by atoms with van der Waals surface area (Å²) in [5, 5.41) is 5.51. The molecule has 53 heavy (non-hydrogen) atoms. The summed E-state index contributed by atoms with van der Waals surface area (Å²) in [5.41, 5.74) is 3.23. The van der Waals surface area contributed by atoms with Gasteiger partial charge in [-0.25, -0.2) is 9.18 Å². The Kier molecular flexibility index (Phi) is 10.3. The molecule has 2 aromatic heterocycles. The van der Waals surface area contributed by atoms with Crippen LogP contribution in [0.2, 0.25) is 5.02 Å². The molecule has 0 radical (unpaired) electrons. The molecule has 2 saturated heterocycles. The number of likely N-dealkylation sites (N-methyl/N-ethyl adjacent to an activating group) is 1. The summed E-state index contributed by atoms with van der Waals surface area (Å²) in [6.07, 6.45) is 5.10. The number of aromatic nitrogens is 3. The molecule has 10 nitrogen and oxygen atoms in total. The normalized spacial score (nSPS) is 21.4. The van der Waals surface area contributed by atoms with Gasteiger partial charge in [-0.15, -0.1) is 0 Å². The number of benzene rings is 3. The minimum Gasteiger partial charge on any atom is -0.462 e. The second-order valence-electron chi connectivity index (χ2n) is 14.7. The highest BCUT2D eigenvalue weighted by Gasteiger charge is 2.36. The lowest BCUT2D eigenvalue weighted by atomic mass is 9.98. The molecule has 4 heterocycles. The highest BCUT2D eigenvalue weighted by atomic mass is 35.5. The van der Waals surface area contributed by atoms with Crippen LogP contribution in [0.4, 0.5) is 15.0 Å². The number of likely N-dealkylation sites (tertiary alicyclic amines) is 1. The third kappa shape index (κ3) is 7.74. The van der Waals surface area contributed by atoms with Crippen LogP contribution in [0.25, 0.3) is 32.9 Å². The molecule has 3 aromatic carbocycles. The third-order valence-corrected chi connectivity index (χ3v) is 11.2. The fourth-order valence-electron chi connectivity index (χ4n) is 8.16. The quantitative estimate of drug-likeness (QED) is 0.138. The molecular formula is C41H44ClFN6O4. The van der Waals surface area contributed by atoms with Crippen LogP contribution >= 0.6 is 11.6 Å². The van der Waals surface area contributed by atoms with Crippen molar-refractivity contribution in [3.05, 3.63) is 88.8 Å². The fourth-order valence-corrected chi connectivity index (χ4v) is 8.44. The number of nitrogens with zero attached hydrogens (tertiary/aromatic N) is 5. The van der Waals surface area contributed by atoms with Gasteiger partial charge in [0.1, 0.15) is 29.7 Å². The van der Waals surface area contributed by atoms with Gasteiger partial charge in [0.15, 0.2) is 5.82 Å². The first kappa shape index (κ1) is 35.4. The van der Waals surface area contributed by atoms with Crippen LogP contribution in [-0.2, 0) is 16.1 Å². The van der Waals surface area contributed by atoms with Crippen LogP contribution in [0, 0.1) is 24.6 Å². The van der Waals surface area contributed by atoms with Gasteiger partial charge in [-0.1, -0.05) is 71.8 Å². The van der Waals surface area contributed by atoms with Crippen molar-refractivity contribution in [1.29, 1.82) is 0 Å². The van der Waals surface area contributed by atoms with Crippen molar-refractivity contribution in [2.75, 3.05) is 51.3 Å². The number of fused-ring (bicyclic) bond motifs is 4. The van der Waals surface area contributed by atoms with Gasteiger partial charge >= 0.3 is 12.1 Å². The van der Waals surface area contributed by atoms with Gasteiger partial charge < -0.3 is 24.4 Å². The number of amides is 1. The minimum absolute atomic E-state index is 0.0603. The van der Waals surface area contributed by atoms with Gasteiger partial charge in [-0.05, 0) is 62.1 Å². The number of pyridine rings is 1. The van der Waals surface area contributed by atoms with E-state index in [-0.39, 0.29) is 36.0 Å². The summed E-state index contributed by atoms with van der Waals surface area (Å²) in [5.74, 6) is 1.29. The zero-order chi connectivity index (χ0) is 36.5. The summed E-state index contributed by atoms with van der Waals surface area (Å²) in [4.78, 5) is 31.1. The van der Waals surface area contributed by atoms with E-state index in [0.717, 1.165) is 29.4 Å². The number of anilines is 1. The Bertz CT molecular complexity index is 2100. The molecule has 12 heteroatoms. The summed E-state index contributed by atoms with van der Waals surface area (Å²) < 4.78 is 34.5. The Labute approximate surface area is 313 Å². The number of halogens is 2. The first-order chi connectivity index (χ1) is 25.8. The first-order valence-corrected chi connectivity index (χ1v) is 18.9. The molecule has 4 atom stereocenters. The molecule has 276 valence electrons. The molecular weight excluding hydrogens is 695 g/mol. The van der Waals surface area contributed by atoms with Crippen LogP contribution in [0.15, 0.2) is 66.9 Å². The summed E-state index contributed by atoms with van der Waals surface area (Å²) in [6.45, 7) is 5.78. The smallest absolute Gasteiger partial charge is 0.407 e. The van der Waals surface area contributed by atoms with Crippen molar-refractivity contribution in [3.63, 3.8) is 0 Å². The molecule has 2 aliphatic heterocycles. The van der Waals surface area contributed by atoms with Crippen LogP contribution in [0.3, 0.4) is 0 Å². The number of piperidine rings is 1. The van der Waals surface area contributed by atoms with Crippen molar-refractivity contribution in [2.45, 2.75) is 51.4 Å². The van der Waals surface area contributed by atoms with Crippen molar-refractivity contribution >= 4 is 45.2 Å². The Hall–Kier alpha value is -4.58. The number of carbonyl (C=O) groups is 1. The van der Waals surface area contributed by atoms with Crippen LogP contribution in [0.5, 0.6) is 6.01 Å². The molecule has 0 spiro atoms. The number of hydrogen-bond donors (Lipinski definition) is 1. The lowest BCUT2D eigenvalue weighted by Gasteiger charge is -2.33. The highest BCUT2D eigenvalue weighted by molar-refractivity contribution is 6.36. The fraction of sp³-hybridized carbons (Fsp3) is 0.415. The lowest BCUT2D eigenvalue weighted by Crippen LogP contribution is -2.37. The van der Waals surface area contributed by atoms with Crippen molar-refractivity contribution in [2.24, 2.45) is 11.8 Å². The molecule has 2 bridgehead atoms. The molecule has 1 saturated carbocycles. The lowest BCUT2D eigenvalue weighted by molar-refractivity contribution is 0.0917. The zero-order valence-electron chi connectivity index (χ0n) is 30.1. The Morgan fingerprint density at radius 1 is 1.00 bits per heavy atom. The van der Waals surface area contributed by atoms with E-state index in [2.05, 4.69) is 25.1 Å². The summed E-state index contributed by atoms with van der Waals surface area (Å²) >= 11 is 6.64. The number of aryl methyl sites for hydroxylation is 1. The average molecular weight is 739 g/mol. The van der Waals surface area contributed by atoms with E-state index in [9.17, 15) is 4.79 Å². The number of rotatable bonds is 11. The van der Waals surface area contributed by atoms with Crippen molar-refractivity contribution in [3.8, 4) is 17.3 Å². The number of ether oxygens (including phenoxy) is 3. The molecule has 3 fully saturated rings. The minimum atomic E-state index is -0.540. The van der Waals surface area contributed by atoms with E-state index >= 15 is 4.39 Å². The molecule has 2 unspecified atom stereocenters. The van der Waals surface area contributed by atoms with Gasteiger partial charge in [0.2, 0.25) is 0 Å². The Morgan fingerprint density at radius 3 is 2.57 bits per heavy atom. The van der Waals surface area contributed by atoms with Gasteiger partial charge in [0.05, 0.1) is 18.6 Å². The SMILES string of the molecule is Cc1ccc(COCCNC(=O)O[C@@H]2C[C@@H](COc3nc(N4CC5CCC(C5)C4)c4cnc(-c5cccc6cccc(Cl)c56)c(F)c4n3)N(C)C2)cc1. The van der Waals surface area contributed by atoms with E-state index in [1.54, 1.807) is 12.3 Å². The maximum atomic E-state index is 16.8. The molecule has 3 aliphatic rings. The zero-order valence-corrected chi connectivity index (χ0v) is 30.8. The topological polar surface area (TPSA) is 102 Å².